The van der Waals surface area contributed by atoms with E-state index < -0.39 is 0 Å². The third-order valence-corrected chi connectivity index (χ3v) is 10.6. The number of hydrogen-bond donors (Lipinski definition) is 0. The van der Waals surface area contributed by atoms with Gasteiger partial charge in [-0.1, -0.05) is 43.5 Å². The monoisotopic (exact) mass is 258 g/mol. The molecule has 0 N–H and O–H groups in total. The molecule has 2 unspecified atom stereocenters. The lowest BCUT2D eigenvalue weighted by atomic mass is 9.97. The second kappa shape index (κ2) is 4.18. The summed E-state index contributed by atoms with van der Waals surface area (Å²) < 4.78 is 0. The molecule has 0 aromatic rings. The van der Waals surface area contributed by atoms with Crippen LogP contribution >= 0.6 is 9.89 Å². The molecular weight excluding hydrogens is 240 g/mol. The Labute approximate surface area is 107 Å². The Bertz CT molecular complexity index is 564. The Hall–Kier alpha value is -0.733. The number of allylic oxidation sites excluding steroid dienone is 8. The summed E-state index contributed by atoms with van der Waals surface area (Å²) in [5.41, 5.74) is 4.76. The smallest absolute Gasteiger partial charge is 0.0425 e. The molecular formula is C15H18SSi. The number of hydrogen-bond acceptors (Lipinski definition) is 0. The Morgan fingerprint density at radius 3 is 2.71 bits per heavy atom. The lowest BCUT2D eigenvalue weighted by Gasteiger charge is -2.16. The molecule has 3 rings (SSSR count). The van der Waals surface area contributed by atoms with Gasteiger partial charge in [0.1, 0.15) is 0 Å². The van der Waals surface area contributed by atoms with Crippen molar-refractivity contribution in [3.63, 3.8) is 0 Å². The third-order valence-electron chi connectivity index (χ3n) is 3.62. The number of fused-ring (bicyclic) bond motifs is 1. The van der Waals surface area contributed by atoms with Crippen molar-refractivity contribution in [1.82, 2.24) is 0 Å². The second-order valence-corrected chi connectivity index (χ2v) is 12.3. The Morgan fingerprint density at radius 1 is 1.24 bits per heavy atom. The van der Waals surface area contributed by atoms with Crippen LogP contribution in [0.15, 0.2) is 58.1 Å². The summed E-state index contributed by atoms with van der Waals surface area (Å²) in [6.45, 7) is 7.37. The highest BCUT2D eigenvalue weighted by molar-refractivity contribution is 8.25. The minimum absolute atomic E-state index is 0.245. The molecule has 0 aromatic heterocycles. The normalized spacial score (nSPS) is 29.8. The predicted molar refractivity (Wildman–Crippen MR) is 80.6 cm³/mol. The number of rotatable bonds is 1. The molecule has 0 nitrogen and oxygen atoms in total. The zero-order valence-corrected chi connectivity index (χ0v) is 12.5. The zero-order valence-electron chi connectivity index (χ0n) is 10.7. The topological polar surface area (TPSA) is 0 Å². The van der Waals surface area contributed by atoms with Crippen molar-refractivity contribution in [1.29, 1.82) is 0 Å². The van der Waals surface area contributed by atoms with Crippen molar-refractivity contribution in [2.24, 2.45) is 0 Å². The van der Waals surface area contributed by atoms with Crippen LogP contribution in [0.5, 0.6) is 0 Å². The van der Waals surface area contributed by atoms with E-state index in [1.807, 2.05) is 0 Å². The van der Waals surface area contributed by atoms with Gasteiger partial charge in [0.05, 0.1) is 0 Å². The van der Waals surface area contributed by atoms with Crippen LogP contribution in [0.25, 0.3) is 0 Å². The van der Waals surface area contributed by atoms with Gasteiger partial charge in [-0.15, -0.1) is 0 Å². The maximum Gasteiger partial charge on any atom is 0.0425 e. The first-order valence-electron chi connectivity index (χ1n) is 6.22. The van der Waals surface area contributed by atoms with Crippen LogP contribution in [0.3, 0.4) is 0 Å². The summed E-state index contributed by atoms with van der Waals surface area (Å²) in [6, 6.07) is 0. The van der Waals surface area contributed by atoms with E-state index >= 15 is 0 Å². The Morgan fingerprint density at radius 2 is 2.06 bits per heavy atom. The largest absolute Gasteiger partial charge is 0.174 e. The molecule has 2 aliphatic carbocycles. The van der Waals surface area contributed by atoms with Crippen LogP contribution in [0.4, 0.5) is 0 Å². The van der Waals surface area contributed by atoms with Crippen molar-refractivity contribution in [3.05, 3.63) is 58.1 Å². The lowest BCUT2D eigenvalue weighted by Crippen LogP contribution is -2.04. The first kappa shape index (κ1) is 11.4. The molecule has 3 aliphatic rings. The maximum absolute atomic E-state index is 2.46. The highest BCUT2D eigenvalue weighted by atomic mass is 32.3. The van der Waals surface area contributed by atoms with Crippen LogP contribution in [0.2, 0.25) is 13.1 Å². The summed E-state index contributed by atoms with van der Waals surface area (Å²) in [7, 11) is 0.258. The van der Waals surface area contributed by atoms with Crippen molar-refractivity contribution in [3.8, 4) is 0 Å². The van der Waals surface area contributed by atoms with Gasteiger partial charge in [-0.25, -0.2) is 0 Å². The molecule has 0 amide bonds. The molecule has 2 atom stereocenters. The minimum Gasteiger partial charge on any atom is -0.174 e. The van der Waals surface area contributed by atoms with Gasteiger partial charge in [0.15, 0.2) is 0 Å². The predicted octanol–water partition coefficient (Wildman–Crippen LogP) is 4.55. The standard InChI is InChI=1S/C15H18SSi/c1-11-15(12-7-4-5-8-12)13-9-6-10-14(13)16(11)17(2)3/h4-7,9-11H,8H2,1-3H3. The summed E-state index contributed by atoms with van der Waals surface area (Å²) in [5.74, 6) is 0. The summed E-state index contributed by atoms with van der Waals surface area (Å²) in [6.07, 6.45) is 14.9. The molecule has 0 saturated carbocycles. The Kier molecular flexibility index (Phi) is 2.79. The van der Waals surface area contributed by atoms with Crippen LogP contribution in [-0.2, 0) is 0 Å². The highest BCUT2D eigenvalue weighted by Gasteiger charge is 2.32. The van der Waals surface area contributed by atoms with Crippen molar-refractivity contribution in [2.75, 3.05) is 0 Å². The van der Waals surface area contributed by atoms with E-state index in [1.54, 1.807) is 21.6 Å². The molecule has 2 heteroatoms. The van der Waals surface area contributed by atoms with E-state index in [-0.39, 0.29) is 7.50 Å². The molecule has 0 bridgehead atoms. The fourth-order valence-corrected chi connectivity index (χ4v) is 10.0. The van der Waals surface area contributed by atoms with Gasteiger partial charge >= 0.3 is 0 Å². The van der Waals surface area contributed by atoms with Crippen molar-refractivity contribution < 1.29 is 0 Å². The second-order valence-electron chi connectivity index (χ2n) is 4.93. The van der Waals surface area contributed by atoms with Crippen LogP contribution in [-0.4, -0.2) is 12.8 Å². The Balaban J connectivity index is 2.15. The molecule has 0 aromatic carbocycles. The van der Waals surface area contributed by atoms with E-state index in [1.165, 1.54) is 0 Å². The molecule has 0 saturated heterocycles. The van der Waals surface area contributed by atoms with Gasteiger partial charge in [-0.2, -0.15) is 9.89 Å². The maximum atomic E-state index is 2.46. The molecule has 0 spiro atoms. The van der Waals surface area contributed by atoms with E-state index in [2.05, 4.69) is 56.5 Å². The third kappa shape index (κ3) is 1.66. The fourth-order valence-electron chi connectivity index (χ4n) is 3.00. The quantitative estimate of drug-likeness (QED) is 0.606. The van der Waals surface area contributed by atoms with Gasteiger partial charge in [-0.05, 0) is 36.1 Å². The van der Waals surface area contributed by atoms with Gasteiger partial charge in [0.2, 0.25) is 0 Å². The van der Waals surface area contributed by atoms with E-state index in [9.17, 15) is 0 Å². The first-order chi connectivity index (χ1) is 8.20. The minimum atomic E-state index is -0.245. The first-order valence-corrected chi connectivity index (χ1v) is 10.7. The average molecular weight is 258 g/mol. The van der Waals surface area contributed by atoms with Crippen LogP contribution in [0, 0.1) is 0 Å². The van der Waals surface area contributed by atoms with Crippen molar-refractivity contribution in [2.45, 2.75) is 31.7 Å². The van der Waals surface area contributed by atoms with E-state index in [0.29, 0.717) is 9.89 Å². The zero-order chi connectivity index (χ0) is 12.0. The van der Waals surface area contributed by atoms with Crippen LogP contribution in [0.1, 0.15) is 13.3 Å². The van der Waals surface area contributed by atoms with Crippen molar-refractivity contribution >= 4 is 17.4 Å². The SMILES string of the molecule is CC1C(C2=CC=CC2)=C2C=CC=C2S1=[Si](C)C. The molecule has 0 radical (unpaired) electrons. The molecule has 88 valence electrons. The lowest BCUT2D eigenvalue weighted by molar-refractivity contribution is 1.10. The van der Waals surface area contributed by atoms with Gasteiger partial charge in [0, 0.05) is 17.7 Å². The molecule has 1 aliphatic heterocycles. The highest BCUT2D eigenvalue weighted by Crippen LogP contribution is 2.53. The van der Waals surface area contributed by atoms with Gasteiger partial charge in [-0.3, -0.25) is 0 Å². The van der Waals surface area contributed by atoms with E-state index in [4.69, 9.17) is 0 Å². The summed E-state index contributed by atoms with van der Waals surface area (Å²) in [5, 5.41) is 0.747. The summed E-state index contributed by atoms with van der Waals surface area (Å²) >= 11 is 0. The average Bonchev–Trinajstić information content (AvgIpc) is 2.91. The molecule has 0 fully saturated rings. The van der Waals surface area contributed by atoms with Crippen LogP contribution < -0.4 is 0 Å². The van der Waals surface area contributed by atoms with E-state index in [0.717, 1.165) is 11.7 Å². The summed E-state index contributed by atoms with van der Waals surface area (Å²) in [4.78, 5) is 1.65. The molecule has 1 heterocycles. The fraction of sp³-hybridized carbons (Fsp3) is 0.333. The van der Waals surface area contributed by atoms with Gasteiger partial charge < -0.3 is 0 Å². The van der Waals surface area contributed by atoms with Gasteiger partial charge in [0.25, 0.3) is 0 Å². The molecule has 17 heavy (non-hydrogen) atoms.